The standard InChI is InChI=1S/C24H26N4O3/c1-13-7-6-8-16(11-13)23(29)25-21-20(17-12-14(2)9-10-18(17)31-5)19-15(3)27-28(4)22(19)26-24(21)30/h6-12,20-21H,1-5H3,(H,25,29)(H,26,30)/t20-,21+/m1/s1. The number of carbonyl (C=O) groups excluding carboxylic acids is 2. The fourth-order valence-electron chi connectivity index (χ4n) is 4.30. The molecule has 2 N–H and O–H groups in total. The summed E-state index contributed by atoms with van der Waals surface area (Å²) in [5.74, 6) is 0.267. The van der Waals surface area contributed by atoms with Gasteiger partial charge in [0.25, 0.3) is 5.91 Å². The highest BCUT2D eigenvalue weighted by molar-refractivity contribution is 6.04. The van der Waals surface area contributed by atoms with Crippen LogP contribution in [0.3, 0.4) is 0 Å². The van der Waals surface area contributed by atoms with E-state index in [1.807, 2.05) is 51.1 Å². The third-order valence-electron chi connectivity index (χ3n) is 5.72. The highest BCUT2D eigenvalue weighted by Gasteiger charge is 2.42. The van der Waals surface area contributed by atoms with Crippen molar-refractivity contribution in [3.63, 3.8) is 0 Å². The number of carbonyl (C=O) groups is 2. The molecule has 1 aliphatic heterocycles. The van der Waals surface area contributed by atoms with Gasteiger partial charge in [-0.1, -0.05) is 35.4 Å². The van der Waals surface area contributed by atoms with E-state index in [1.54, 1.807) is 31.0 Å². The zero-order chi connectivity index (χ0) is 22.3. The van der Waals surface area contributed by atoms with Crippen LogP contribution in [-0.2, 0) is 11.8 Å². The maximum Gasteiger partial charge on any atom is 0.251 e. The number of hydrogen-bond acceptors (Lipinski definition) is 4. The Kier molecular flexibility index (Phi) is 5.27. The van der Waals surface area contributed by atoms with E-state index in [0.29, 0.717) is 17.1 Å². The number of benzene rings is 2. The van der Waals surface area contributed by atoms with Crippen molar-refractivity contribution in [3.8, 4) is 5.75 Å². The number of methoxy groups -OCH3 is 1. The molecule has 160 valence electrons. The number of fused-ring (bicyclic) bond motifs is 1. The van der Waals surface area contributed by atoms with E-state index in [2.05, 4.69) is 15.7 Å². The SMILES string of the molecule is COc1ccc(C)cc1[C@@H]1c2c(C)nn(C)c2NC(=O)[C@H]1NC(=O)c1cccc(C)c1. The molecule has 0 spiro atoms. The molecule has 0 radical (unpaired) electrons. The highest BCUT2D eigenvalue weighted by Crippen LogP contribution is 2.42. The molecule has 0 saturated heterocycles. The van der Waals surface area contributed by atoms with Crippen molar-refractivity contribution in [2.75, 3.05) is 12.4 Å². The van der Waals surface area contributed by atoms with Crippen LogP contribution in [-0.4, -0.2) is 34.7 Å². The summed E-state index contributed by atoms with van der Waals surface area (Å²) in [4.78, 5) is 26.3. The second-order valence-corrected chi connectivity index (χ2v) is 8.00. The molecular weight excluding hydrogens is 392 g/mol. The smallest absolute Gasteiger partial charge is 0.251 e. The molecule has 7 heteroatoms. The zero-order valence-corrected chi connectivity index (χ0v) is 18.3. The second kappa shape index (κ2) is 7.91. The lowest BCUT2D eigenvalue weighted by atomic mass is 9.81. The van der Waals surface area contributed by atoms with Crippen molar-refractivity contribution >= 4 is 17.6 Å². The van der Waals surface area contributed by atoms with Gasteiger partial charge in [0.15, 0.2) is 0 Å². The number of ether oxygens (including phenoxy) is 1. The summed E-state index contributed by atoms with van der Waals surface area (Å²) in [6, 6.07) is 12.3. The minimum atomic E-state index is -0.820. The van der Waals surface area contributed by atoms with Crippen LogP contribution in [0.2, 0.25) is 0 Å². The van der Waals surface area contributed by atoms with Gasteiger partial charge in [-0.2, -0.15) is 5.10 Å². The molecule has 2 aromatic carbocycles. The molecule has 0 fully saturated rings. The van der Waals surface area contributed by atoms with Crippen molar-refractivity contribution in [3.05, 3.63) is 76.0 Å². The van der Waals surface area contributed by atoms with Gasteiger partial charge in [0, 0.05) is 29.7 Å². The van der Waals surface area contributed by atoms with Crippen LogP contribution in [0.25, 0.3) is 0 Å². The lowest BCUT2D eigenvalue weighted by Crippen LogP contribution is -2.50. The molecule has 0 aliphatic carbocycles. The Morgan fingerprint density at radius 2 is 1.87 bits per heavy atom. The number of hydrogen-bond donors (Lipinski definition) is 2. The zero-order valence-electron chi connectivity index (χ0n) is 18.3. The Morgan fingerprint density at radius 3 is 2.58 bits per heavy atom. The Bertz CT molecular complexity index is 1180. The summed E-state index contributed by atoms with van der Waals surface area (Å²) < 4.78 is 7.30. The molecule has 0 unspecified atom stereocenters. The Morgan fingerprint density at radius 1 is 1.13 bits per heavy atom. The molecule has 2 amide bonds. The van der Waals surface area contributed by atoms with Crippen molar-refractivity contribution < 1.29 is 14.3 Å². The van der Waals surface area contributed by atoms with Crippen molar-refractivity contribution in [2.24, 2.45) is 7.05 Å². The summed E-state index contributed by atoms with van der Waals surface area (Å²) >= 11 is 0. The van der Waals surface area contributed by atoms with Crippen molar-refractivity contribution in [1.29, 1.82) is 0 Å². The molecule has 1 aliphatic rings. The fourth-order valence-corrected chi connectivity index (χ4v) is 4.30. The quantitative estimate of drug-likeness (QED) is 0.681. The van der Waals surface area contributed by atoms with Gasteiger partial charge in [-0.25, -0.2) is 0 Å². The number of aromatic nitrogens is 2. The van der Waals surface area contributed by atoms with E-state index >= 15 is 0 Å². The number of nitrogens with zero attached hydrogens (tertiary/aromatic N) is 2. The third-order valence-corrected chi connectivity index (χ3v) is 5.72. The van der Waals surface area contributed by atoms with Crippen LogP contribution < -0.4 is 15.4 Å². The number of rotatable bonds is 4. The molecule has 3 aromatic rings. The van der Waals surface area contributed by atoms with E-state index in [1.165, 1.54) is 0 Å². The first-order valence-electron chi connectivity index (χ1n) is 10.2. The normalized spacial score (nSPS) is 17.6. The molecule has 0 saturated carbocycles. The number of anilines is 1. The molecule has 0 bridgehead atoms. The van der Waals surface area contributed by atoms with Gasteiger partial charge >= 0.3 is 0 Å². The topological polar surface area (TPSA) is 85.2 Å². The largest absolute Gasteiger partial charge is 0.496 e. The summed E-state index contributed by atoms with van der Waals surface area (Å²) in [6.07, 6.45) is 0. The van der Waals surface area contributed by atoms with Gasteiger partial charge in [0.1, 0.15) is 17.6 Å². The van der Waals surface area contributed by atoms with Crippen molar-refractivity contribution in [1.82, 2.24) is 15.1 Å². The van der Waals surface area contributed by atoms with Crippen LogP contribution in [0.4, 0.5) is 5.82 Å². The summed E-state index contributed by atoms with van der Waals surface area (Å²) in [5.41, 5.74) is 5.03. The number of aryl methyl sites for hydroxylation is 4. The molecule has 7 nitrogen and oxygen atoms in total. The number of amides is 2. The van der Waals surface area contributed by atoms with E-state index in [0.717, 1.165) is 27.9 Å². The van der Waals surface area contributed by atoms with Crippen LogP contribution in [0.5, 0.6) is 5.75 Å². The molecule has 2 heterocycles. The van der Waals surface area contributed by atoms with Crippen molar-refractivity contribution in [2.45, 2.75) is 32.7 Å². The first-order valence-corrected chi connectivity index (χ1v) is 10.2. The highest BCUT2D eigenvalue weighted by atomic mass is 16.5. The van der Waals surface area contributed by atoms with E-state index in [9.17, 15) is 9.59 Å². The van der Waals surface area contributed by atoms with Gasteiger partial charge in [0.2, 0.25) is 5.91 Å². The Balaban J connectivity index is 1.85. The van der Waals surface area contributed by atoms with Gasteiger partial charge in [-0.3, -0.25) is 14.3 Å². The fraction of sp³-hybridized carbons (Fsp3) is 0.292. The molecule has 1 aromatic heterocycles. The van der Waals surface area contributed by atoms with Crippen LogP contribution in [0, 0.1) is 20.8 Å². The monoisotopic (exact) mass is 418 g/mol. The van der Waals surface area contributed by atoms with E-state index in [4.69, 9.17) is 4.74 Å². The maximum absolute atomic E-state index is 13.2. The predicted octanol–water partition coefficient (Wildman–Crippen LogP) is 3.24. The lowest BCUT2D eigenvalue weighted by molar-refractivity contribution is -0.118. The minimum absolute atomic E-state index is 0.287. The second-order valence-electron chi connectivity index (χ2n) is 8.00. The first kappa shape index (κ1) is 20.7. The van der Waals surface area contributed by atoms with Crippen LogP contribution >= 0.6 is 0 Å². The predicted molar refractivity (Wildman–Crippen MR) is 119 cm³/mol. The van der Waals surface area contributed by atoms with E-state index in [-0.39, 0.29) is 11.8 Å². The molecular formula is C24H26N4O3. The Labute approximate surface area is 181 Å². The summed E-state index contributed by atoms with van der Waals surface area (Å²) in [7, 11) is 3.40. The summed E-state index contributed by atoms with van der Waals surface area (Å²) in [5, 5.41) is 10.4. The van der Waals surface area contributed by atoms with Gasteiger partial charge in [-0.05, 0) is 39.0 Å². The van der Waals surface area contributed by atoms with Gasteiger partial charge in [-0.15, -0.1) is 0 Å². The van der Waals surface area contributed by atoms with E-state index < -0.39 is 12.0 Å². The molecule has 31 heavy (non-hydrogen) atoms. The van der Waals surface area contributed by atoms with Crippen LogP contribution in [0.1, 0.15) is 44.2 Å². The molecule has 4 rings (SSSR count). The average molecular weight is 418 g/mol. The third kappa shape index (κ3) is 3.67. The van der Waals surface area contributed by atoms with Crippen LogP contribution in [0.15, 0.2) is 42.5 Å². The molecule has 2 atom stereocenters. The summed E-state index contributed by atoms with van der Waals surface area (Å²) in [6.45, 7) is 5.82. The first-order chi connectivity index (χ1) is 14.8. The lowest BCUT2D eigenvalue weighted by Gasteiger charge is -2.33. The minimum Gasteiger partial charge on any atom is -0.496 e. The average Bonchev–Trinajstić information content (AvgIpc) is 3.01. The number of nitrogens with one attached hydrogen (secondary N) is 2. The maximum atomic E-state index is 13.2. The van der Waals surface area contributed by atoms with Gasteiger partial charge < -0.3 is 15.4 Å². The van der Waals surface area contributed by atoms with Gasteiger partial charge in [0.05, 0.1) is 12.8 Å². The Hall–Kier alpha value is -3.61.